The molecule has 0 bridgehead atoms. The van der Waals surface area contributed by atoms with E-state index >= 15 is 0 Å². The van der Waals surface area contributed by atoms with Crippen LogP contribution in [0.5, 0.6) is 5.75 Å². The maximum Gasteiger partial charge on any atom is 0.265 e. The lowest BCUT2D eigenvalue weighted by atomic mass is 10.1. The Morgan fingerprint density at radius 1 is 1.34 bits per heavy atom. The van der Waals surface area contributed by atoms with Gasteiger partial charge in [0.25, 0.3) is 5.91 Å². The highest BCUT2D eigenvalue weighted by Crippen LogP contribution is 2.33. The molecule has 1 aromatic heterocycles. The molecule has 2 aromatic rings. The van der Waals surface area contributed by atoms with Gasteiger partial charge in [-0.3, -0.25) is 14.5 Å². The van der Waals surface area contributed by atoms with Crippen molar-refractivity contribution in [2.24, 2.45) is 0 Å². The van der Waals surface area contributed by atoms with Crippen LogP contribution >= 0.6 is 0 Å². The lowest BCUT2D eigenvalue weighted by Crippen LogP contribution is -2.47. The molecule has 0 spiro atoms. The van der Waals surface area contributed by atoms with E-state index in [2.05, 4.69) is 4.98 Å². The molecule has 1 fully saturated rings. The largest absolute Gasteiger partial charge is 0.482 e. The maximum absolute atomic E-state index is 13.0. The van der Waals surface area contributed by atoms with Gasteiger partial charge in [-0.1, -0.05) is 6.07 Å². The Labute approximate surface area is 168 Å². The van der Waals surface area contributed by atoms with Crippen LogP contribution in [0, 0.1) is 6.92 Å². The average Bonchev–Trinajstić information content (AvgIpc) is 3.39. The third-order valence-electron chi connectivity index (χ3n) is 5.73. The number of carbonyl (C=O) groups is 2. The zero-order valence-electron chi connectivity index (χ0n) is 16.3. The van der Waals surface area contributed by atoms with Crippen molar-refractivity contribution in [2.45, 2.75) is 32.2 Å². The fraction of sp³-hybridized carbons (Fsp3) is 0.476. The Bertz CT molecular complexity index is 963. The van der Waals surface area contributed by atoms with Gasteiger partial charge in [-0.25, -0.2) is 4.98 Å². The van der Waals surface area contributed by atoms with E-state index in [1.54, 1.807) is 4.90 Å². The number of hydrogen-bond acceptors (Lipinski definition) is 6. The van der Waals surface area contributed by atoms with Gasteiger partial charge < -0.3 is 18.8 Å². The van der Waals surface area contributed by atoms with Crippen LogP contribution in [-0.2, 0) is 27.3 Å². The van der Waals surface area contributed by atoms with E-state index in [1.807, 2.05) is 25.1 Å². The van der Waals surface area contributed by atoms with Crippen molar-refractivity contribution < 1.29 is 23.5 Å². The molecule has 8 heteroatoms. The Balaban J connectivity index is 1.31. The summed E-state index contributed by atoms with van der Waals surface area (Å²) in [6.45, 7) is 4.23. The SMILES string of the molecule is Cc1ccc2c(c1)N(CC(=O)N1CCc3oc(C4CCOC4)nc3C1)C(=O)CO2. The third-order valence-corrected chi connectivity index (χ3v) is 5.73. The van der Waals surface area contributed by atoms with Crippen molar-refractivity contribution in [3.8, 4) is 5.75 Å². The summed E-state index contributed by atoms with van der Waals surface area (Å²) in [6, 6.07) is 5.64. The number of nitrogens with zero attached hydrogens (tertiary/aromatic N) is 3. The lowest BCUT2D eigenvalue weighted by Gasteiger charge is -2.32. The molecular formula is C21H23N3O5. The van der Waals surface area contributed by atoms with E-state index in [-0.39, 0.29) is 30.9 Å². The summed E-state index contributed by atoms with van der Waals surface area (Å²) in [5.74, 6) is 2.10. The van der Waals surface area contributed by atoms with E-state index in [1.165, 1.54) is 4.90 Å². The first-order chi connectivity index (χ1) is 14.1. The molecular weight excluding hydrogens is 374 g/mol. The number of oxazole rings is 1. The highest BCUT2D eigenvalue weighted by Gasteiger charge is 2.32. The number of amides is 2. The van der Waals surface area contributed by atoms with Gasteiger partial charge in [-0.05, 0) is 31.0 Å². The van der Waals surface area contributed by atoms with Crippen molar-refractivity contribution >= 4 is 17.5 Å². The maximum atomic E-state index is 13.0. The smallest absolute Gasteiger partial charge is 0.265 e. The summed E-state index contributed by atoms with van der Waals surface area (Å²) < 4.78 is 16.9. The number of benzene rings is 1. The normalized spacial score (nSPS) is 21.0. The standard InChI is InChI=1S/C21H23N3O5/c1-13-2-3-18-16(8-13)24(20(26)12-28-18)10-19(25)23-6-4-17-15(9-23)22-21(29-17)14-5-7-27-11-14/h2-3,8,14H,4-7,9-12H2,1H3. The van der Waals surface area contributed by atoms with E-state index in [0.29, 0.717) is 37.6 Å². The Morgan fingerprint density at radius 3 is 3.07 bits per heavy atom. The van der Waals surface area contributed by atoms with Crippen LogP contribution in [0.25, 0.3) is 0 Å². The van der Waals surface area contributed by atoms with Crippen molar-refractivity contribution in [3.63, 3.8) is 0 Å². The fourth-order valence-corrected chi connectivity index (χ4v) is 4.06. The number of aromatic nitrogens is 1. The third kappa shape index (κ3) is 3.37. The molecule has 3 aliphatic rings. The molecule has 1 saturated heterocycles. The summed E-state index contributed by atoms with van der Waals surface area (Å²) in [7, 11) is 0. The van der Waals surface area contributed by atoms with E-state index in [0.717, 1.165) is 35.9 Å². The van der Waals surface area contributed by atoms with E-state index in [4.69, 9.17) is 13.9 Å². The minimum atomic E-state index is -0.209. The zero-order chi connectivity index (χ0) is 20.0. The van der Waals surface area contributed by atoms with Crippen LogP contribution in [0.3, 0.4) is 0 Å². The van der Waals surface area contributed by atoms with Crippen molar-refractivity contribution in [3.05, 3.63) is 41.1 Å². The first kappa shape index (κ1) is 18.2. The summed E-state index contributed by atoms with van der Waals surface area (Å²) in [6.07, 6.45) is 1.55. The minimum absolute atomic E-state index is 0.00481. The molecule has 0 radical (unpaired) electrons. The molecule has 1 unspecified atom stereocenters. The van der Waals surface area contributed by atoms with Crippen LogP contribution in [0.4, 0.5) is 5.69 Å². The van der Waals surface area contributed by atoms with Gasteiger partial charge >= 0.3 is 0 Å². The first-order valence-electron chi connectivity index (χ1n) is 9.96. The van der Waals surface area contributed by atoms with Crippen LogP contribution in [0.2, 0.25) is 0 Å². The molecule has 1 atom stereocenters. The molecule has 29 heavy (non-hydrogen) atoms. The van der Waals surface area contributed by atoms with Gasteiger partial charge in [0.15, 0.2) is 12.5 Å². The molecule has 0 aliphatic carbocycles. The number of anilines is 1. The van der Waals surface area contributed by atoms with Gasteiger partial charge in [0.1, 0.15) is 23.7 Å². The number of carbonyl (C=O) groups excluding carboxylic acids is 2. The van der Waals surface area contributed by atoms with E-state index in [9.17, 15) is 9.59 Å². The number of ether oxygens (including phenoxy) is 2. The quantitative estimate of drug-likeness (QED) is 0.785. The van der Waals surface area contributed by atoms with Crippen molar-refractivity contribution in [1.29, 1.82) is 0 Å². The molecule has 3 aliphatic heterocycles. The first-order valence-corrected chi connectivity index (χ1v) is 9.96. The Morgan fingerprint density at radius 2 is 2.24 bits per heavy atom. The second-order valence-electron chi connectivity index (χ2n) is 7.79. The van der Waals surface area contributed by atoms with Crippen LogP contribution in [0.15, 0.2) is 22.6 Å². The molecule has 152 valence electrons. The number of rotatable bonds is 3. The number of aryl methyl sites for hydroxylation is 1. The van der Waals surface area contributed by atoms with Gasteiger partial charge in [0, 0.05) is 19.6 Å². The van der Waals surface area contributed by atoms with E-state index < -0.39 is 0 Å². The van der Waals surface area contributed by atoms with Crippen LogP contribution < -0.4 is 9.64 Å². The number of fused-ring (bicyclic) bond motifs is 2. The molecule has 0 saturated carbocycles. The van der Waals surface area contributed by atoms with Gasteiger partial charge in [0.05, 0.1) is 24.8 Å². The van der Waals surface area contributed by atoms with Crippen molar-refractivity contribution in [2.75, 3.05) is 37.8 Å². The molecule has 0 N–H and O–H groups in total. The molecule has 2 amide bonds. The van der Waals surface area contributed by atoms with Crippen molar-refractivity contribution in [1.82, 2.24) is 9.88 Å². The van der Waals surface area contributed by atoms with Gasteiger partial charge in [-0.15, -0.1) is 0 Å². The monoisotopic (exact) mass is 397 g/mol. The zero-order valence-corrected chi connectivity index (χ0v) is 16.3. The summed E-state index contributed by atoms with van der Waals surface area (Å²) in [4.78, 5) is 33.3. The molecule has 1 aromatic carbocycles. The Kier molecular flexibility index (Phi) is 4.50. The molecule has 8 nitrogen and oxygen atoms in total. The van der Waals surface area contributed by atoms with Gasteiger partial charge in [-0.2, -0.15) is 0 Å². The topological polar surface area (TPSA) is 85.1 Å². The Hall–Kier alpha value is -2.87. The highest BCUT2D eigenvalue weighted by molar-refractivity contribution is 6.02. The van der Waals surface area contributed by atoms with Crippen LogP contribution in [-0.4, -0.2) is 54.6 Å². The molecule has 4 heterocycles. The summed E-state index contributed by atoms with van der Waals surface area (Å²) in [5.41, 5.74) is 2.47. The lowest BCUT2D eigenvalue weighted by molar-refractivity contribution is -0.132. The predicted octanol–water partition coefficient (Wildman–Crippen LogP) is 1.80. The second-order valence-corrected chi connectivity index (χ2v) is 7.79. The highest BCUT2D eigenvalue weighted by atomic mass is 16.5. The predicted molar refractivity (Wildman–Crippen MR) is 103 cm³/mol. The minimum Gasteiger partial charge on any atom is -0.482 e. The summed E-state index contributed by atoms with van der Waals surface area (Å²) in [5, 5.41) is 0. The average molecular weight is 397 g/mol. The number of hydrogen-bond donors (Lipinski definition) is 0. The summed E-state index contributed by atoms with van der Waals surface area (Å²) >= 11 is 0. The molecule has 5 rings (SSSR count). The fourth-order valence-electron chi connectivity index (χ4n) is 4.06. The van der Waals surface area contributed by atoms with Crippen LogP contribution in [0.1, 0.15) is 35.2 Å². The second kappa shape index (κ2) is 7.18. The van der Waals surface area contributed by atoms with Gasteiger partial charge in [0.2, 0.25) is 5.91 Å².